The topological polar surface area (TPSA) is 127 Å². The molecule has 0 bridgehead atoms. The first-order valence-electron chi connectivity index (χ1n) is 12.7. The van der Waals surface area contributed by atoms with E-state index in [1.807, 2.05) is 55.6 Å². The second-order valence-electron chi connectivity index (χ2n) is 9.69. The first kappa shape index (κ1) is 28.2. The Morgan fingerprint density at radius 2 is 1.72 bits per heavy atom. The second kappa shape index (κ2) is 11.9. The van der Waals surface area contributed by atoms with Crippen LogP contribution in [-0.2, 0) is 19.8 Å². The van der Waals surface area contributed by atoms with E-state index in [0.717, 1.165) is 39.0 Å². The van der Waals surface area contributed by atoms with E-state index >= 15 is 0 Å². The van der Waals surface area contributed by atoms with Crippen molar-refractivity contribution in [3.05, 3.63) is 65.4 Å². The van der Waals surface area contributed by atoms with Crippen LogP contribution in [0.15, 0.2) is 53.8 Å². The molecular weight excluding hydrogens is 518 g/mol. The summed E-state index contributed by atoms with van der Waals surface area (Å²) in [6, 6.07) is 12.7. The Bertz CT molecular complexity index is 1530. The number of piperazine rings is 1. The lowest BCUT2D eigenvalue weighted by Crippen LogP contribution is -2.55. The minimum Gasteiger partial charge on any atom is -0.480 e. The number of nitrogens with one attached hydrogen (secondary N) is 2. The molecule has 0 amide bonds. The zero-order chi connectivity index (χ0) is 28.2. The van der Waals surface area contributed by atoms with Gasteiger partial charge in [-0.15, -0.1) is 0 Å². The third-order valence-corrected chi connectivity index (χ3v) is 8.27. The largest absolute Gasteiger partial charge is 0.480 e. The van der Waals surface area contributed by atoms with E-state index < -0.39 is 22.2 Å². The van der Waals surface area contributed by atoms with E-state index in [1.54, 1.807) is 13.8 Å². The van der Waals surface area contributed by atoms with Crippen LogP contribution in [0.3, 0.4) is 0 Å². The highest BCUT2D eigenvalue weighted by atomic mass is 32.2. The van der Waals surface area contributed by atoms with E-state index in [0.29, 0.717) is 13.1 Å². The van der Waals surface area contributed by atoms with Crippen LogP contribution in [0.5, 0.6) is 0 Å². The predicted molar refractivity (Wildman–Crippen MR) is 152 cm³/mol. The molecule has 1 aliphatic heterocycles. The lowest BCUT2D eigenvalue weighted by molar-refractivity contribution is -0.140. The molecule has 4 rings (SSSR count). The SMILES string of the molecule is CON=C(C)c1c[nH]c2ccc(C#Cc3ccc(N4CCN(S(=O)(=O)N[C@@H](C(=O)O)C(C)C)CC4)cc3)cc12. The van der Waals surface area contributed by atoms with E-state index in [9.17, 15) is 18.3 Å². The number of H-pyrrole nitrogens is 1. The summed E-state index contributed by atoms with van der Waals surface area (Å²) in [4.78, 5) is 21.7. The van der Waals surface area contributed by atoms with Gasteiger partial charge in [0.05, 0.1) is 5.71 Å². The van der Waals surface area contributed by atoms with Crippen LogP contribution in [-0.4, -0.2) is 73.8 Å². The average molecular weight is 552 g/mol. The van der Waals surface area contributed by atoms with Crippen molar-refractivity contribution in [3.63, 3.8) is 0 Å². The van der Waals surface area contributed by atoms with Crippen molar-refractivity contribution in [1.29, 1.82) is 0 Å². The zero-order valence-corrected chi connectivity index (χ0v) is 23.2. The Morgan fingerprint density at radius 3 is 2.33 bits per heavy atom. The summed E-state index contributed by atoms with van der Waals surface area (Å²) in [7, 11) is -2.37. The molecule has 1 saturated heterocycles. The predicted octanol–water partition coefficient (Wildman–Crippen LogP) is 3.00. The molecule has 206 valence electrons. The van der Waals surface area contributed by atoms with Crippen molar-refractivity contribution in [2.45, 2.75) is 26.8 Å². The third-order valence-electron chi connectivity index (χ3n) is 6.67. The first-order chi connectivity index (χ1) is 18.6. The molecule has 1 fully saturated rings. The smallest absolute Gasteiger partial charge is 0.322 e. The van der Waals surface area contributed by atoms with E-state index in [-0.39, 0.29) is 19.0 Å². The van der Waals surface area contributed by atoms with E-state index in [2.05, 4.69) is 31.6 Å². The molecule has 10 nitrogen and oxygen atoms in total. The second-order valence-corrected chi connectivity index (χ2v) is 11.4. The monoisotopic (exact) mass is 551 g/mol. The van der Waals surface area contributed by atoms with Crippen molar-refractivity contribution < 1.29 is 23.2 Å². The van der Waals surface area contributed by atoms with Gasteiger partial charge in [-0.2, -0.15) is 17.4 Å². The Hall–Kier alpha value is -3.85. The zero-order valence-electron chi connectivity index (χ0n) is 22.4. The fourth-order valence-electron chi connectivity index (χ4n) is 4.48. The molecule has 2 aromatic carbocycles. The highest BCUT2D eigenvalue weighted by Gasteiger charge is 2.32. The molecule has 0 radical (unpaired) electrons. The van der Waals surface area contributed by atoms with Gasteiger partial charge in [0.1, 0.15) is 13.2 Å². The molecule has 39 heavy (non-hydrogen) atoms. The number of carboxylic acid groups (broad SMARTS) is 1. The molecule has 3 aromatic rings. The van der Waals surface area contributed by atoms with Gasteiger partial charge in [-0.3, -0.25) is 4.79 Å². The maximum absolute atomic E-state index is 12.7. The Morgan fingerprint density at radius 1 is 1.08 bits per heavy atom. The summed E-state index contributed by atoms with van der Waals surface area (Å²) >= 11 is 0. The van der Waals surface area contributed by atoms with Crippen molar-refractivity contribution in [2.24, 2.45) is 11.1 Å². The number of aromatic nitrogens is 1. The van der Waals surface area contributed by atoms with Gasteiger partial charge in [0.25, 0.3) is 10.2 Å². The van der Waals surface area contributed by atoms with Gasteiger partial charge in [0.15, 0.2) is 0 Å². The highest BCUT2D eigenvalue weighted by Crippen LogP contribution is 2.21. The molecule has 1 atom stereocenters. The summed E-state index contributed by atoms with van der Waals surface area (Å²) in [6.45, 7) is 6.75. The number of hydrogen-bond acceptors (Lipinski definition) is 6. The molecule has 0 saturated carbocycles. The first-order valence-corrected chi connectivity index (χ1v) is 14.1. The van der Waals surface area contributed by atoms with Gasteiger partial charge < -0.3 is 19.8 Å². The van der Waals surface area contributed by atoms with E-state index in [1.165, 1.54) is 11.4 Å². The number of fused-ring (bicyclic) bond motifs is 1. The molecule has 2 heterocycles. The minimum atomic E-state index is -3.90. The molecule has 3 N–H and O–H groups in total. The fourth-order valence-corrected chi connectivity index (χ4v) is 5.96. The van der Waals surface area contributed by atoms with Crippen LogP contribution in [0.2, 0.25) is 0 Å². The normalized spacial score (nSPS) is 15.7. The van der Waals surface area contributed by atoms with Crippen LogP contribution < -0.4 is 9.62 Å². The fraction of sp³-hybridized carbons (Fsp3) is 0.357. The molecular formula is C28H33N5O5S. The van der Waals surface area contributed by atoms with Crippen molar-refractivity contribution in [1.82, 2.24) is 14.0 Å². The highest BCUT2D eigenvalue weighted by molar-refractivity contribution is 7.87. The number of carbonyl (C=O) groups is 1. The van der Waals surface area contributed by atoms with Crippen LogP contribution in [0, 0.1) is 17.8 Å². The van der Waals surface area contributed by atoms with Gasteiger partial charge in [-0.25, -0.2) is 0 Å². The van der Waals surface area contributed by atoms with Gasteiger partial charge >= 0.3 is 5.97 Å². The van der Waals surface area contributed by atoms with Gasteiger partial charge in [0, 0.05) is 65.7 Å². The Balaban J connectivity index is 1.40. The number of aliphatic carboxylic acids is 1. The Labute approximate surface area is 228 Å². The number of aromatic amines is 1. The van der Waals surface area contributed by atoms with Crippen LogP contribution >= 0.6 is 0 Å². The van der Waals surface area contributed by atoms with Crippen molar-refractivity contribution in [3.8, 4) is 11.8 Å². The number of carboxylic acids is 1. The molecule has 0 aliphatic carbocycles. The van der Waals surface area contributed by atoms with Crippen molar-refractivity contribution in [2.75, 3.05) is 38.2 Å². The summed E-state index contributed by atoms with van der Waals surface area (Å²) in [5.41, 5.74) is 5.46. The summed E-state index contributed by atoms with van der Waals surface area (Å²) < 4.78 is 29.1. The van der Waals surface area contributed by atoms with Gasteiger partial charge in [-0.1, -0.05) is 30.8 Å². The number of benzene rings is 2. The van der Waals surface area contributed by atoms with Crippen LogP contribution in [0.1, 0.15) is 37.5 Å². The van der Waals surface area contributed by atoms with Gasteiger partial charge in [0.2, 0.25) is 0 Å². The number of anilines is 1. The average Bonchev–Trinajstić information content (AvgIpc) is 3.34. The number of hydrogen-bond donors (Lipinski definition) is 3. The molecule has 0 spiro atoms. The lowest BCUT2D eigenvalue weighted by atomic mass is 10.1. The summed E-state index contributed by atoms with van der Waals surface area (Å²) in [6.07, 6.45) is 1.91. The summed E-state index contributed by atoms with van der Waals surface area (Å²) in [5, 5.41) is 14.4. The standard InChI is InChI=1S/C28H33N5O5S/c1-19(2)27(28(34)35)31-39(36,37)33-15-13-32(14-16-33)23-10-7-21(8-11-23)5-6-22-9-12-26-24(17-22)25(18-29-26)20(3)30-38-4/h7-12,17-19,27,29,31H,13-16H2,1-4H3,(H,34,35)/t27-/m1/s1. The van der Waals surface area contributed by atoms with Crippen molar-refractivity contribution >= 4 is 38.5 Å². The lowest BCUT2D eigenvalue weighted by Gasteiger charge is -2.36. The van der Waals surface area contributed by atoms with Crippen LogP contribution in [0.4, 0.5) is 5.69 Å². The molecule has 1 aromatic heterocycles. The number of oxime groups is 1. The molecule has 1 aliphatic rings. The van der Waals surface area contributed by atoms with E-state index in [4.69, 9.17) is 4.84 Å². The quantitative estimate of drug-likeness (QED) is 0.224. The maximum atomic E-state index is 12.7. The maximum Gasteiger partial charge on any atom is 0.322 e. The van der Waals surface area contributed by atoms with Gasteiger partial charge in [-0.05, 0) is 55.3 Å². The third kappa shape index (κ3) is 6.60. The number of nitrogens with zero attached hydrogens (tertiary/aromatic N) is 3. The van der Waals surface area contributed by atoms with Crippen LogP contribution in [0.25, 0.3) is 10.9 Å². The Kier molecular flexibility index (Phi) is 8.60. The summed E-state index contributed by atoms with van der Waals surface area (Å²) in [5.74, 6) is 4.88. The molecule has 11 heteroatoms. The molecule has 0 unspecified atom stereocenters. The number of rotatable bonds is 8. The minimum absolute atomic E-state index is 0.263.